The molecule has 2 rings (SSSR count). The van der Waals surface area contributed by atoms with E-state index in [1.54, 1.807) is 35.0 Å². The minimum absolute atomic E-state index is 0.0836. The summed E-state index contributed by atoms with van der Waals surface area (Å²) in [5.74, 6) is -0.0836. The van der Waals surface area contributed by atoms with Crippen molar-refractivity contribution < 1.29 is 4.79 Å². The van der Waals surface area contributed by atoms with Gasteiger partial charge in [-0.05, 0) is 24.6 Å². The van der Waals surface area contributed by atoms with Gasteiger partial charge in [0, 0.05) is 19.8 Å². The van der Waals surface area contributed by atoms with Crippen molar-refractivity contribution in [2.24, 2.45) is 7.05 Å². The van der Waals surface area contributed by atoms with Crippen LogP contribution in [0.2, 0.25) is 0 Å². The maximum atomic E-state index is 12.6. The summed E-state index contributed by atoms with van der Waals surface area (Å²) in [6.45, 7) is 2.65. The van der Waals surface area contributed by atoms with Crippen LogP contribution < -0.4 is 10.6 Å². The molecule has 0 aliphatic rings. The average Bonchev–Trinajstić information content (AvgIpc) is 2.82. The van der Waals surface area contributed by atoms with E-state index in [4.69, 9.17) is 5.73 Å². The van der Waals surface area contributed by atoms with Gasteiger partial charge >= 0.3 is 0 Å². The lowest BCUT2D eigenvalue weighted by atomic mass is 10.2. The lowest BCUT2D eigenvalue weighted by molar-refractivity contribution is 0.0978. The van der Waals surface area contributed by atoms with Crippen molar-refractivity contribution in [1.29, 1.82) is 0 Å². The molecule has 2 aromatic rings. The van der Waals surface area contributed by atoms with Crippen LogP contribution in [0.15, 0.2) is 36.5 Å². The summed E-state index contributed by atoms with van der Waals surface area (Å²) in [5, 5.41) is 4.03. The fraction of sp³-hybridized carbons (Fsp3) is 0.286. The molecule has 0 aliphatic carbocycles. The van der Waals surface area contributed by atoms with E-state index in [-0.39, 0.29) is 5.91 Å². The highest BCUT2D eigenvalue weighted by molar-refractivity contribution is 6.06. The summed E-state index contributed by atoms with van der Waals surface area (Å²) in [6.07, 6.45) is 2.48. The highest BCUT2D eigenvalue weighted by Gasteiger charge is 2.20. The highest BCUT2D eigenvalue weighted by Crippen LogP contribution is 2.24. The van der Waals surface area contributed by atoms with Crippen molar-refractivity contribution in [2.45, 2.75) is 13.3 Å². The lowest BCUT2D eigenvalue weighted by Gasteiger charge is -2.23. The third kappa shape index (κ3) is 2.59. The molecule has 0 atom stereocenters. The molecule has 1 amide bonds. The molecular formula is C14H18N4O. The molecular weight excluding hydrogens is 240 g/mol. The number of anilines is 2. The summed E-state index contributed by atoms with van der Waals surface area (Å²) in [6, 6.07) is 9.11. The number of para-hydroxylation sites is 2. The first kappa shape index (κ1) is 13.1. The number of hydrogen-bond donors (Lipinski definition) is 1. The number of amides is 1. The van der Waals surface area contributed by atoms with E-state index in [9.17, 15) is 4.79 Å². The van der Waals surface area contributed by atoms with E-state index < -0.39 is 0 Å². The third-order valence-corrected chi connectivity index (χ3v) is 2.96. The second kappa shape index (κ2) is 5.56. The number of rotatable bonds is 4. The number of aromatic nitrogens is 2. The summed E-state index contributed by atoms with van der Waals surface area (Å²) in [7, 11) is 1.76. The highest BCUT2D eigenvalue weighted by atomic mass is 16.2. The van der Waals surface area contributed by atoms with E-state index in [0.717, 1.165) is 12.1 Å². The van der Waals surface area contributed by atoms with Crippen LogP contribution in [0.3, 0.4) is 0 Å². The SMILES string of the molecule is CCCN(C(=O)c1ccnn1C)c1ccccc1N. The van der Waals surface area contributed by atoms with Crippen molar-refractivity contribution in [2.75, 3.05) is 17.2 Å². The van der Waals surface area contributed by atoms with Gasteiger partial charge < -0.3 is 10.6 Å². The Morgan fingerprint density at radius 2 is 2.11 bits per heavy atom. The van der Waals surface area contributed by atoms with Gasteiger partial charge in [0.05, 0.1) is 11.4 Å². The first-order valence-corrected chi connectivity index (χ1v) is 6.29. The maximum absolute atomic E-state index is 12.6. The molecule has 0 saturated carbocycles. The molecule has 1 aromatic heterocycles. The van der Waals surface area contributed by atoms with Crippen molar-refractivity contribution in [3.63, 3.8) is 0 Å². The minimum atomic E-state index is -0.0836. The fourth-order valence-electron chi connectivity index (χ4n) is 2.01. The molecule has 5 heteroatoms. The zero-order valence-electron chi connectivity index (χ0n) is 11.2. The molecule has 19 heavy (non-hydrogen) atoms. The fourth-order valence-corrected chi connectivity index (χ4v) is 2.01. The quantitative estimate of drug-likeness (QED) is 0.854. The van der Waals surface area contributed by atoms with Gasteiger partial charge in [-0.2, -0.15) is 5.10 Å². The molecule has 0 aliphatic heterocycles. The molecule has 0 saturated heterocycles. The lowest BCUT2D eigenvalue weighted by Crippen LogP contribution is -2.33. The molecule has 5 nitrogen and oxygen atoms in total. The topological polar surface area (TPSA) is 64.2 Å². The van der Waals surface area contributed by atoms with E-state index in [1.807, 2.05) is 25.1 Å². The number of aryl methyl sites for hydroxylation is 1. The predicted octanol–water partition coefficient (Wildman–Crippen LogP) is 2.06. The normalized spacial score (nSPS) is 10.4. The smallest absolute Gasteiger partial charge is 0.276 e. The van der Waals surface area contributed by atoms with Gasteiger partial charge in [-0.15, -0.1) is 0 Å². The molecule has 0 bridgehead atoms. The van der Waals surface area contributed by atoms with Gasteiger partial charge in [0.15, 0.2) is 0 Å². The molecule has 0 unspecified atom stereocenters. The van der Waals surface area contributed by atoms with Crippen molar-refractivity contribution in [3.8, 4) is 0 Å². The van der Waals surface area contributed by atoms with Gasteiger partial charge in [-0.25, -0.2) is 0 Å². The van der Waals surface area contributed by atoms with Gasteiger partial charge in [0.2, 0.25) is 0 Å². The number of benzene rings is 1. The zero-order chi connectivity index (χ0) is 13.8. The largest absolute Gasteiger partial charge is 0.397 e. The van der Waals surface area contributed by atoms with Crippen LogP contribution in [-0.4, -0.2) is 22.2 Å². The van der Waals surface area contributed by atoms with Crippen LogP contribution in [0.1, 0.15) is 23.8 Å². The number of nitrogens with two attached hydrogens (primary N) is 1. The predicted molar refractivity (Wildman–Crippen MR) is 76.0 cm³/mol. The van der Waals surface area contributed by atoms with Crippen molar-refractivity contribution in [3.05, 3.63) is 42.2 Å². The zero-order valence-corrected chi connectivity index (χ0v) is 11.2. The Morgan fingerprint density at radius 1 is 1.37 bits per heavy atom. The third-order valence-electron chi connectivity index (χ3n) is 2.96. The Hall–Kier alpha value is -2.30. The average molecular weight is 258 g/mol. The van der Waals surface area contributed by atoms with E-state index in [1.165, 1.54) is 0 Å². The molecule has 1 heterocycles. The van der Waals surface area contributed by atoms with E-state index in [2.05, 4.69) is 5.10 Å². The van der Waals surface area contributed by atoms with Gasteiger partial charge in [0.25, 0.3) is 5.91 Å². The van der Waals surface area contributed by atoms with Crippen LogP contribution in [0, 0.1) is 0 Å². The first-order chi connectivity index (χ1) is 9.15. The first-order valence-electron chi connectivity index (χ1n) is 6.29. The summed E-state index contributed by atoms with van der Waals surface area (Å²) in [4.78, 5) is 14.3. The van der Waals surface area contributed by atoms with Crippen molar-refractivity contribution in [1.82, 2.24) is 9.78 Å². The van der Waals surface area contributed by atoms with Crippen LogP contribution >= 0.6 is 0 Å². The van der Waals surface area contributed by atoms with E-state index in [0.29, 0.717) is 17.9 Å². The number of carbonyl (C=O) groups is 1. The van der Waals surface area contributed by atoms with Gasteiger partial charge in [-0.1, -0.05) is 19.1 Å². The monoisotopic (exact) mass is 258 g/mol. The van der Waals surface area contributed by atoms with Crippen LogP contribution in [0.4, 0.5) is 11.4 Å². The Balaban J connectivity index is 2.39. The summed E-state index contributed by atoms with van der Waals surface area (Å²) >= 11 is 0. The molecule has 0 spiro atoms. The van der Waals surface area contributed by atoms with Crippen LogP contribution in [0.25, 0.3) is 0 Å². The Morgan fingerprint density at radius 3 is 2.68 bits per heavy atom. The van der Waals surface area contributed by atoms with E-state index >= 15 is 0 Å². The molecule has 2 N–H and O–H groups in total. The van der Waals surface area contributed by atoms with Crippen molar-refractivity contribution >= 4 is 17.3 Å². The second-order valence-corrected chi connectivity index (χ2v) is 4.36. The Labute approximate surface area is 112 Å². The minimum Gasteiger partial charge on any atom is -0.397 e. The van der Waals surface area contributed by atoms with Crippen LogP contribution in [0.5, 0.6) is 0 Å². The number of nitrogen functional groups attached to an aromatic ring is 1. The van der Waals surface area contributed by atoms with Gasteiger partial charge in [-0.3, -0.25) is 9.48 Å². The second-order valence-electron chi connectivity index (χ2n) is 4.36. The number of hydrogen-bond acceptors (Lipinski definition) is 3. The number of carbonyl (C=O) groups excluding carboxylic acids is 1. The van der Waals surface area contributed by atoms with Gasteiger partial charge in [0.1, 0.15) is 5.69 Å². The molecule has 0 radical (unpaired) electrons. The summed E-state index contributed by atoms with van der Waals surface area (Å²) in [5.41, 5.74) is 7.87. The number of nitrogens with zero attached hydrogens (tertiary/aromatic N) is 3. The summed E-state index contributed by atoms with van der Waals surface area (Å²) < 4.78 is 1.57. The Kier molecular flexibility index (Phi) is 3.85. The Bertz CT molecular complexity index is 576. The molecule has 1 aromatic carbocycles. The maximum Gasteiger partial charge on any atom is 0.276 e. The molecule has 100 valence electrons. The standard InChI is InChI=1S/C14H18N4O/c1-3-10-18(12-7-5-4-6-11(12)15)14(19)13-8-9-16-17(13)2/h4-9H,3,10,15H2,1-2H3. The van der Waals surface area contributed by atoms with Crippen LogP contribution in [-0.2, 0) is 7.05 Å². The molecule has 0 fully saturated rings.